The van der Waals surface area contributed by atoms with Gasteiger partial charge in [0.05, 0.1) is 18.4 Å². The van der Waals surface area contributed by atoms with Gasteiger partial charge in [0.1, 0.15) is 0 Å². The van der Waals surface area contributed by atoms with E-state index in [9.17, 15) is 5.11 Å². The van der Waals surface area contributed by atoms with Gasteiger partial charge in [0.2, 0.25) is 0 Å². The average molecular weight is 227 g/mol. The molecule has 0 aromatic rings. The summed E-state index contributed by atoms with van der Waals surface area (Å²) in [7, 11) is 0. The summed E-state index contributed by atoms with van der Waals surface area (Å²) in [5.41, 5.74) is -0.508. The van der Waals surface area contributed by atoms with Gasteiger partial charge in [0.15, 0.2) is 0 Å². The molecule has 2 atom stereocenters. The predicted octanol–water partition coefficient (Wildman–Crippen LogP) is 2.04. The minimum absolute atomic E-state index is 0.0677. The molecule has 2 fully saturated rings. The fraction of sp³-hybridized carbons (Fsp3) is 1.00. The predicted molar refractivity (Wildman–Crippen MR) is 64.2 cm³/mol. The molecular formula is C13H25NO2. The molecule has 0 aromatic heterocycles. The summed E-state index contributed by atoms with van der Waals surface area (Å²) in [6.45, 7) is 3.73. The Balaban J connectivity index is 1.80. The first-order chi connectivity index (χ1) is 7.77. The number of nitrogens with one attached hydrogen (secondary N) is 1. The monoisotopic (exact) mass is 227 g/mol. The van der Waals surface area contributed by atoms with Crippen LogP contribution in [0.2, 0.25) is 0 Å². The molecule has 0 spiro atoms. The van der Waals surface area contributed by atoms with Crippen LogP contribution in [0.4, 0.5) is 0 Å². The highest BCUT2D eigenvalue weighted by atomic mass is 16.5. The molecule has 2 rings (SSSR count). The van der Waals surface area contributed by atoms with Gasteiger partial charge >= 0.3 is 0 Å². The summed E-state index contributed by atoms with van der Waals surface area (Å²) in [5.74, 6) is 0.518. The van der Waals surface area contributed by atoms with Gasteiger partial charge in [-0.15, -0.1) is 0 Å². The molecule has 16 heavy (non-hydrogen) atoms. The Kier molecular flexibility index (Phi) is 4.22. The molecular weight excluding hydrogens is 202 g/mol. The van der Waals surface area contributed by atoms with Crippen molar-refractivity contribution in [3.63, 3.8) is 0 Å². The first kappa shape index (κ1) is 12.3. The topological polar surface area (TPSA) is 41.5 Å². The minimum atomic E-state index is -0.508. The highest BCUT2D eigenvalue weighted by Crippen LogP contribution is 2.48. The van der Waals surface area contributed by atoms with Crippen LogP contribution in [-0.4, -0.2) is 30.1 Å². The van der Waals surface area contributed by atoms with Gasteiger partial charge in [-0.3, -0.25) is 5.32 Å². The van der Waals surface area contributed by atoms with Crippen LogP contribution in [0.5, 0.6) is 0 Å². The zero-order valence-corrected chi connectivity index (χ0v) is 10.4. The van der Waals surface area contributed by atoms with Crippen molar-refractivity contribution in [3.8, 4) is 0 Å². The zero-order chi connectivity index (χ0) is 11.4. The van der Waals surface area contributed by atoms with Crippen LogP contribution < -0.4 is 5.32 Å². The maximum absolute atomic E-state index is 10.7. The van der Waals surface area contributed by atoms with E-state index in [1.807, 2.05) is 0 Å². The van der Waals surface area contributed by atoms with Crippen molar-refractivity contribution < 1.29 is 9.84 Å². The van der Waals surface area contributed by atoms with Gasteiger partial charge in [0, 0.05) is 0 Å². The second kappa shape index (κ2) is 5.48. The maximum Gasteiger partial charge on any atom is 0.0970 e. The Morgan fingerprint density at radius 2 is 2.12 bits per heavy atom. The van der Waals surface area contributed by atoms with Crippen molar-refractivity contribution in [2.24, 2.45) is 5.92 Å². The first-order valence-electron chi connectivity index (χ1n) is 6.82. The van der Waals surface area contributed by atoms with Crippen molar-refractivity contribution >= 4 is 0 Å². The van der Waals surface area contributed by atoms with Crippen molar-refractivity contribution in [1.82, 2.24) is 5.32 Å². The van der Waals surface area contributed by atoms with Crippen LogP contribution in [0, 0.1) is 5.92 Å². The van der Waals surface area contributed by atoms with Gasteiger partial charge in [-0.1, -0.05) is 19.8 Å². The third-order valence-electron chi connectivity index (χ3n) is 3.95. The summed E-state index contributed by atoms with van der Waals surface area (Å²) in [5, 5.41) is 13.9. The van der Waals surface area contributed by atoms with Gasteiger partial charge in [-0.05, 0) is 44.6 Å². The van der Waals surface area contributed by atoms with Crippen LogP contribution in [0.25, 0.3) is 0 Å². The molecule has 3 heteroatoms. The molecule has 2 aliphatic carbocycles. The van der Waals surface area contributed by atoms with Crippen LogP contribution in [0.3, 0.4) is 0 Å². The number of ether oxygens (including phenoxy) is 1. The Labute approximate surface area is 98.6 Å². The number of hydrogen-bond donors (Lipinski definition) is 2. The van der Waals surface area contributed by atoms with E-state index in [0.717, 1.165) is 32.2 Å². The molecule has 2 aliphatic rings. The van der Waals surface area contributed by atoms with Gasteiger partial charge in [-0.25, -0.2) is 0 Å². The molecule has 3 nitrogen and oxygen atoms in total. The molecule has 0 aliphatic heterocycles. The molecule has 94 valence electrons. The summed E-state index contributed by atoms with van der Waals surface area (Å²) >= 11 is 0. The van der Waals surface area contributed by atoms with E-state index >= 15 is 0 Å². The normalized spacial score (nSPS) is 35.2. The van der Waals surface area contributed by atoms with Gasteiger partial charge in [0.25, 0.3) is 0 Å². The van der Waals surface area contributed by atoms with Crippen LogP contribution in [-0.2, 0) is 4.74 Å². The highest BCUT2D eigenvalue weighted by molar-refractivity contribution is 5.01. The molecule has 2 saturated carbocycles. The standard InChI is InChI=1S/C13H25NO2/c1-2-9-14-10-16-12-5-3-4-8-13(12,15)11-6-7-11/h11-12,14-15H,2-10H2,1H3/t12-,13?/m0/s1. The van der Waals surface area contributed by atoms with E-state index in [4.69, 9.17) is 4.74 Å². The minimum Gasteiger partial charge on any atom is -0.387 e. The molecule has 0 bridgehead atoms. The molecule has 0 heterocycles. The van der Waals surface area contributed by atoms with Crippen LogP contribution in [0.1, 0.15) is 51.9 Å². The largest absolute Gasteiger partial charge is 0.387 e. The molecule has 2 N–H and O–H groups in total. The number of hydrogen-bond acceptors (Lipinski definition) is 3. The lowest BCUT2D eigenvalue weighted by Crippen LogP contribution is -2.49. The van der Waals surface area contributed by atoms with Crippen molar-refractivity contribution in [1.29, 1.82) is 0 Å². The fourth-order valence-corrected chi connectivity index (χ4v) is 2.84. The van der Waals surface area contributed by atoms with Gasteiger partial charge in [-0.2, -0.15) is 0 Å². The van der Waals surface area contributed by atoms with E-state index in [1.54, 1.807) is 0 Å². The van der Waals surface area contributed by atoms with E-state index < -0.39 is 5.60 Å². The average Bonchev–Trinajstić information content (AvgIpc) is 3.11. The van der Waals surface area contributed by atoms with Crippen LogP contribution >= 0.6 is 0 Å². The second-order valence-corrected chi connectivity index (χ2v) is 5.31. The molecule has 0 aromatic carbocycles. The summed E-state index contributed by atoms with van der Waals surface area (Å²) in [4.78, 5) is 0. The van der Waals surface area contributed by atoms with Crippen molar-refractivity contribution in [3.05, 3.63) is 0 Å². The molecule has 1 unspecified atom stereocenters. The lowest BCUT2D eigenvalue weighted by molar-refractivity contribution is -0.145. The number of rotatable bonds is 6. The lowest BCUT2D eigenvalue weighted by atomic mass is 9.78. The van der Waals surface area contributed by atoms with E-state index in [-0.39, 0.29) is 6.10 Å². The summed E-state index contributed by atoms with van der Waals surface area (Å²) in [6.07, 6.45) is 7.91. The van der Waals surface area contributed by atoms with E-state index in [1.165, 1.54) is 19.3 Å². The second-order valence-electron chi connectivity index (χ2n) is 5.31. The first-order valence-corrected chi connectivity index (χ1v) is 6.82. The Morgan fingerprint density at radius 1 is 1.31 bits per heavy atom. The smallest absolute Gasteiger partial charge is 0.0970 e. The SMILES string of the molecule is CCCNCO[C@H]1CCCCC1(O)C1CC1. The quantitative estimate of drug-likeness (QED) is 0.539. The van der Waals surface area contributed by atoms with E-state index in [2.05, 4.69) is 12.2 Å². The summed E-state index contributed by atoms with van der Waals surface area (Å²) in [6, 6.07) is 0. The third kappa shape index (κ3) is 2.76. The molecule has 0 saturated heterocycles. The fourth-order valence-electron chi connectivity index (χ4n) is 2.84. The van der Waals surface area contributed by atoms with Gasteiger partial charge < -0.3 is 9.84 Å². The number of aliphatic hydroxyl groups is 1. The third-order valence-corrected chi connectivity index (χ3v) is 3.95. The molecule has 0 amide bonds. The Morgan fingerprint density at radius 3 is 2.81 bits per heavy atom. The van der Waals surface area contributed by atoms with Crippen LogP contribution in [0.15, 0.2) is 0 Å². The Bertz CT molecular complexity index is 218. The molecule has 0 radical (unpaired) electrons. The maximum atomic E-state index is 10.7. The highest BCUT2D eigenvalue weighted by Gasteiger charge is 2.50. The van der Waals surface area contributed by atoms with E-state index in [0.29, 0.717) is 12.6 Å². The zero-order valence-electron chi connectivity index (χ0n) is 10.4. The van der Waals surface area contributed by atoms with Crippen molar-refractivity contribution in [2.45, 2.75) is 63.6 Å². The summed E-state index contributed by atoms with van der Waals surface area (Å²) < 4.78 is 5.84. The Hall–Kier alpha value is -0.120. The lowest BCUT2D eigenvalue weighted by Gasteiger charge is -2.40. The van der Waals surface area contributed by atoms with Crippen molar-refractivity contribution in [2.75, 3.05) is 13.3 Å².